The Labute approximate surface area is 174 Å². The van der Waals surface area contributed by atoms with Crippen LogP contribution in [0.4, 0.5) is 14.5 Å². The van der Waals surface area contributed by atoms with Crippen molar-refractivity contribution in [2.75, 3.05) is 10.6 Å². The molecule has 0 fully saturated rings. The van der Waals surface area contributed by atoms with Crippen LogP contribution in [0.5, 0.6) is 0 Å². The third-order valence-corrected chi connectivity index (χ3v) is 5.57. The Morgan fingerprint density at radius 3 is 2.30 bits per heavy atom. The molecule has 0 bridgehead atoms. The number of hydrogen-bond acceptors (Lipinski definition) is 3. The van der Waals surface area contributed by atoms with Gasteiger partial charge in [0.05, 0.1) is 18.5 Å². The van der Waals surface area contributed by atoms with Crippen molar-refractivity contribution < 1.29 is 22.0 Å². The Bertz CT molecular complexity index is 1150. The second-order valence-electron chi connectivity index (χ2n) is 6.72. The van der Waals surface area contributed by atoms with Gasteiger partial charge in [0.2, 0.25) is 10.0 Å². The van der Waals surface area contributed by atoms with Crippen molar-refractivity contribution in [3.63, 3.8) is 0 Å². The number of benzene rings is 3. The lowest BCUT2D eigenvalue weighted by Crippen LogP contribution is -2.30. The third kappa shape index (κ3) is 5.42. The molecule has 0 radical (unpaired) electrons. The van der Waals surface area contributed by atoms with E-state index in [-0.39, 0.29) is 30.4 Å². The molecule has 0 aliphatic heterocycles. The first-order valence-corrected chi connectivity index (χ1v) is 10.9. The molecule has 0 saturated carbocycles. The van der Waals surface area contributed by atoms with Crippen LogP contribution in [0.1, 0.15) is 21.5 Å². The SMILES string of the molecule is CS(=O)(=O)N(Cc1ccccc1F)c1ccc(C(=O)NCc2cccc(F)c2)cc1. The van der Waals surface area contributed by atoms with Crippen LogP contribution in [0.15, 0.2) is 72.8 Å². The molecule has 30 heavy (non-hydrogen) atoms. The van der Waals surface area contributed by atoms with Crippen molar-refractivity contribution in [2.45, 2.75) is 13.1 Å². The molecule has 8 heteroatoms. The molecule has 0 spiro atoms. The zero-order valence-electron chi connectivity index (χ0n) is 16.2. The van der Waals surface area contributed by atoms with E-state index in [9.17, 15) is 22.0 Å². The largest absolute Gasteiger partial charge is 0.348 e. The Hall–Kier alpha value is -3.26. The van der Waals surface area contributed by atoms with Gasteiger partial charge in [-0.1, -0.05) is 30.3 Å². The standard InChI is InChI=1S/C22H20F2N2O3S/c1-30(28,29)26(15-18-6-2-3-8-21(18)24)20-11-9-17(10-12-20)22(27)25-14-16-5-4-7-19(23)13-16/h2-13H,14-15H2,1H3,(H,25,27). The maximum absolute atomic E-state index is 14.0. The molecule has 0 atom stereocenters. The van der Waals surface area contributed by atoms with Gasteiger partial charge < -0.3 is 5.32 Å². The molecular formula is C22H20F2N2O3S. The summed E-state index contributed by atoms with van der Waals surface area (Å²) in [6.45, 7) is -0.0162. The number of nitrogens with one attached hydrogen (secondary N) is 1. The van der Waals surface area contributed by atoms with Crippen LogP contribution in [0, 0.1) is 11.6 Å². The minimum absolute atomic E-state index is 0.154. The van der Waals surface area contributed by atoms with Gasteiger partial charge >= 0.3 is 0 Å². The molecule has 0 heterocycles. The zero-order valence-corrected chi connectivity index (χ0v) is 17.0. The fraction of sp³-hybridized carbons (Fsp3) is 0.136. The van der Waals surface area contributed by atoms with Gasteiger partial charge in [-0.2, -0.15) is 0 Å². The number of rotatable bonds is 7. The number of halogens is 2. The normalized spacial score (nSPS) is 11.2. The average Bonchev–Trinajstić information content (AvgIpc) is 2.71. The summed E-state index contributed by atoms with van der Waals surface area (Å²) < 4.78 is 52.8. The molecule has 0 aromatic heterocycles. The van der Waals surface area contributed by atoms with Crippen molar-refractivity contribution in [3.05, 3.63) is 101 Å². The van der Waals surface area contributed by atoms with E-state index in [2.05, 4.69) is 5.32 Å². The van der Waals surface area contributed by atoms with Crippen molar-refractivity contribution >= 4 is 21.6 Å². The van der Waals surface area contributed by atoms with Gasteiger partial charge in [-0.15, -0.1) is 0 Å². The van der Waals surface area contributed by atoms with Gasteiger partial charge in [0.15, 0.2) is 0 Å². The van der Waals surface area contributed by atoms with Crippen LogP contribution < -0.4 is 9.62 Å². The molecule has 0 unspecified atom stereocenters. The lowest BCUT2D eigenvalue weighted by atomic mass is 10.1. The predicted molar refractivity (Wildman–Crippen MR) is 111 cm³/mol. The molecule has 0 saturated heterocycles. The number of carbonyl (C=O) groups is 1. The summed E-state index contributed by atoms with van der Waals surface area (Å²) in [6, 6.07) is 17.8. The minimum atomic E-state index is -3.69. The average molecular weight is 430 g/mol. The fourth-order valence-electron chi connectivity index (χ4n) is 2.89. The molecule has 0 aliphatic carbocycles. The molecule has 156 valence electrons. The van der Waals surface area contributed by atoms with Crippen molar-refractivity contribution in [1.82, 2.24) is 5.32 Å². The van der Waals surface area contributed by atoms with Gasteiger partial charge in [0.1, 0.15) is 11.6 Å². The van der Waals surface area contributed by atoms with Gasteiger partial charge in [0.25, 0.3) is 5.91 Å². The van der Waals surface area contributed by atoms with Gasteiger partial charge in [-0.3, -0.25) is 9.10 Å². The van der Waals surface area contributed by atoms with Crippen molar-refractivity contribution in [3.8, 4) is 0 Å². The fourth-order valence-corrected chi connectivity index (χ4v) is 3.77. The van der Waals surface area contributed by atoms with E-state index in [1.54, 1.807) is 18.2 Å². The van der Waals surface area contributed by atoms with Crippen molar-refractivity contribution in [1.29, 1.82) is 0 Å². The summed E-state index contributed by atoms with van der Waals surface area (Å²) in [4.78, 5) is 12.3. The highest BCUT2D eigenvalue weighted by Crippen LogP contribution is 2.22. The second-order valence-corrected chi connectivity index (χ2v) is 8.63. The van der Waals surface area contributed by atoms with Crippen LogP contribution in [0.3, 0.4) is 0 Å². The smallest absolute Gasteiger partial charge is 0.251 e. The minimum Gasteiger partial charge on any atom is -0.348 e. The molecule has 3 aromatic rings. The lowest BCUT2D eigenvalue weighted by molar-refractivity contribution is 0.0951. The summed E-state index contributed by atoms with van der Waals surface area (Å²) in [5, 5.41) is 2.68. The predicted octanol–water partition coefficient (Wildman–Crippen LogP) is 3.86. The van der Waals surface area contributed by atoms with Gasteiger partial charge in [-0.05, 0) is 48.0 Å². The number of amides is 1. The molecule has 3 rings (SSSR count). The number of carbonyl (C=O) groups excluding carboxylic acids is 1. The highest BCUT2D eigenvalue weighted by Gasteiger charge is 2.20. The summed E-state index contributed by atoms with van der Waals surface area (Å²) >= 11 is 0. The van der Waals surface area contributed by atoms with E-state index in [0.29, 0.717) is 16.8 Å². The highest BCUT2D eigenvalue weighted by atomic mass is 32.2. The maximum atomic E-state index is 14.0. The molecule has 1 amide bonds. The van der Waals surface area contributed by atoms with Gasteiger partial charge in [0, 0.05) is 17.7 Å². The molecular weight excluding hydrogens is 410 g/mol. The number of nitrogens with zero attached hydrogens (tertiary/aromatic N) is 1. The third-order valence-electron chi connectivity index (χ3n) is 4.43. The zero-order chi connectivity index (χ0) is 21.7. The van der Waals surface area contributed by atoms with E-state index < -0.39 is 15.8 Å². The Morgan fingerprint density at radius 2 is 1.67 bits per heavy atom. The lowest BCUT2D eigenvalue weighted by Gasteiger charge is -2.23. The second kappa shape index (κ2) is 9.04. The van der Waals surface area contributed by atoms with Crippen LogP contribution >= 0.6 is 0 Å². The Morgan fingerprint density at radius 1 is 0.967 bits per heavy atom. The summed E-state index contributed by atoms with van der Waals surface area (Å²) in [5.41, 5.74) is 1.48. The number of sulfonamides is 1. The van der Waals surface area contributed by atoms with E-state index in [4.69, 9.17) is 0 Å². The van der Waals surface area contributed by atoms with Crippen LogP contribution in [-0.4, -0.2) is 20.6 Å². The first-order valence-electron chi connectivity index (χ1n) is 9.08. The molecule has 1 N–H and O–H groups in total. The quantitative estimate of drug-likeness (QED) is 0.619. The summed E-state index contributed by atoms with van der Waals surface area (Å²) in [7, 11) is -3.69. The first-order chi connectivity index (χ1) is 14.2. The molecule has 3 aromatic carbocycles. The van der Waals surface area contributed by atoms with E-state index in [0.717, 1.165) is 10.6 Å². The van der Waals surface area contributed by atoms with Crippen molar-refractivity contribution in [2.24, 2.45) is 0 Å². The molecule has 0 aliphatic rings. The summed E-state index contributed by atoms with van der Waals surface area (Å²) in [6.07, 6.45) is 1.04. The van der Waals surface area contributed by atoms with Crippen LogP contribution in [0.2, 0.25) is 0 Å². The Kier molecular flexibility index (Phi) is 6.47. The summed E-state index contributed by atoms with van der Waals surface area (Å²) in [5.74, 6) is -1.27. The number of anilines is 1. The monoisotopic (exact) mass is 430 g/mol. The number of hydrogen-bond donors (Lipinski definition) is 1. The topological polar surface area (TPSA) is 66.5 Å². The first kappa shape index (κ1) is 21.4. The highest BCUT2D eigenvalue weighted by molar-refractivity contribution is 7.92. The Balaban J connectivity index is 1.74. The van der Waals surface area contributed by atoms with Crippen LogP contribution in [0.25, 0.3) is 0 Å². The molecule has 5 nitrogen and oxygen atoms in total. The van der Waals surface area contributed by atoms with E-state index in [1.807, 2.05) is 0 Å². The van der Waals surface area contributed by atoms with E-state index in [1.165, 1.54) is 54.6 Å². The maximum Gasteiger partial charge on any atom is 0.251 e. The van der Waals surface area contributed by atoms with E-state index >= 15 is 0 Å². The van der Waals surface area contributed by atoms with Crippen LogP contribution in [-0.2, 0) is 23.1 Å². The van der Waals surface area contributed by atoms with Gasteiger partial charge in [-0.25, -0.2) is 17.2 Å².